The number of rotatable bonds is 0. The van der Waals surface area contributed by atoms with Gasteiger partial charge in [0.15, 0.2) is 0 Å². The van der Waals surface area contributed by atoms with Crippen LogP contribution in [0.5, 0.6) is 0 Å². The van der Waals surface area contributed by atoms with Crippen LogP contribution in [0, 0.1) is 0 Å². The van der Waals surface area contributed by atoms with E-state index < -0.39 is 0 Å². The first-order valence-electron chi connectivity index (χ1n) is 33.2. The van der Waals surface area contributed by atoms with Crippen molar-refractivity contribution >= 4 is 67.2 Å². The maximum absolute atomic E-state index is 5.98. The van der Waals surface area contributed by atoms with E-state index in [1.54, 1.807) is 0 Å². The summed E-state index contributed by atoms with van der Waals surface area (Å²) in [6.07, 6.45) is 21.6. The van der Waals surface area contributed by atoms with Crippen molar-refractivity contribution in [3.63, 3.8) is 0 Å². The van der Waals surface area contributed by atoms with E-state index in [0.29, 0.717) is 0 Å². The molecule has 91 heavy (non-hydrogen) atoms. The van der Waals surface area contributed by atoms with Gasteiger partial charge in [0.2, 0.25) is 0 Å². The highest BCUT2D eigenvalue weighted by Gasteiger charge is 2.76. The fourth-order valence-electron chi connectivity index (χ4n) is 25.1. The van der Waals surface area contributed by atoms with Gasteiger partial charge in [-0.3, -0.25) is 20.0 Å². The third-order valence-electron chi connectivity index (χ3n) is 27.4. The molecule has 0 saturated carbocycles. The molecule has 4 bridgehead atoms. The van der Waals surface area contributed by atoms with Crippen LogP contribution in [0.15, 0.2) is 251 Å². The van der Waals surface area contributed by atoms with E-state index in [1.165, 1.54) is 194 Å². The van der Waals surface area contributed by atoms with Crippen LogP contribution in [-0.2, 0) is 21.7 Å². The molecule has 4 aromatic heterocycles. The average Bonchev–Trinajstić information content (AvgIpc) is 1.48. The van der Waals surface area contributed by atoms with Crippen molar-refractivity contribution in [2.45, 2.75) is 75.2 Å². The van der Waals surface area contributed by atoms with Crippen molar-refractivity contribution in [3.8, 4) is 0 Å². The quantitative estimate of drug-likeness (QED) is 0.152. The summed E-state index contributed by atoms with van der Waals surface area (Å²) in [5, 5.41) is 8.38. The fraction of sp³-hybridized carbons (Fsp3) is 0.153. The second-order valence-electron chi connectivity index (χ2n) is 29.4. The van der Waals surface area contributed by atoms with E-state index in [9.17, 15) is 0 Å². The van der Waals surface area contributed by atoms with E-state index >= 15 is 0 Å². The van der Waals surface area contributed by atoms with Crippen LogP contribution in [-0.4, -0.2) is 31.5 Å². The van der Waals surface area contributed by atoms with Crippen molar-refractivity contribution in [1.29, 1.82) is 0 Å². The Labute approximate surface area is 520 Å². The number of aromatic nitrogens is 4. The minimum absolute atomic E-state index is 0.0176. The molecule has 12 aromatic rings. The highest BCUT2D eigenvalue weighted by Crippen LogP contribution is 2.82. The molecule has 18 aliphatic rings. The highest BCUT2D eigenvalue weighted by atomic mass is 15.1. The first-order valence-corrected chi connectivity index (χ1v) is 33.2. The molecule has 0 saturated heterocycles. The maximum Gasteiger partial charge on any atom is 0.0957 e. The van der Waals surface area contributed by atoms with Crippen LogP contribution in [0.1, 0.15) is 154 Å². The summed E-state index contributed by atoms with van der Waals surface area (Å²) in [5.41, 5.74) is 39.5. The smallest absolute Gasteiger partial charge is 0.0957 e. The number of hydrogen-bond donors (Lipinski definition) is 0. The van der Waals surface area contributed by atoms with Crippen molar-refractivity contribution in [2.24, 2.45) is 9.98 Å². The standard InChI is InChI=1S/C85H46N6/c1-3-20-41-39(18-1)57-40-19-2-4-21-42(40)58(41)76-63(57)59-53(34-86-76)90-56-37-89-81-70(73-47-26-9-14-31-52(47)85(73)38-17-15-16-32-82(81,85)33-38)62(56)67-66-61-55(36-88-78-69(61)72-44-23-6-11-28-49(44)84(72)51-30-13-8-25-46(51)75(78)84)91-54-35-87-77-68(60(54)65(80(66)91)64(59)79(67)90)71-43-22-5-10-27-48(43)83(71)50-29-12-7-24-45(50)74(77)83/h1-37,53-54,57-58,71-75H. The lowest BCUT2D eigenvalue weighted by atomic mass is 9.40. The van der Waals surface area contributed by atoms with E-state index in [0.717, 1.165) is 0 Å². The number of aliphatic imine (C=N–C) groups is 2. The molecule has 4 aliphatic heterocycles. The zero-order valence-electron chi connectivity index (χ0n) is 48.7. The monoisotopic (exact) mass is 1150 g/mol. The second-order valence-corrected chi connectivity index (χ2v) is 29.4. The summed E-state index contributed by atoms with van der Waals surface area (Å²) in [7, 11) is 0. The first-order chi connectivity index (χ1) is 45.2. The fourth-order valence-corrected chi connectivity index (χ4v) is 25.1. The lowest BCUT2D eigenvalue weighted by Gasteiger charge is -2.61. The Kier molecular flexibility index (Phi) is 6.38. The number of hydrogen-bond acceptors (Lipinski definition) is 4. The number of allylic oxidation sites excluding steroid dienone is 10. The summed E-state index contributed by atoms with van der Waals surface area (Å²) in [6.45, 7) is 0. The zero-order valence-corrected chi connectivity index (χ0v) is 48.7. The van der Waals surface area contributed by atoms with Gasteiger partial charge in [-0.15, -0.1) is 0 Å². The molecule has 30 rings (SSSR count). The number of fused-ring (bicyclic) bond motifs is 33. The van der Waals surface area contributed by atoms with E-state index in [1.807, 2.05) is 0 Å². The van der Waals surface area contributed by atoms with Gasteiger partial charge in [0.1, 0.15) is 0 Å². The molecule has 14 aliphatic carbocycles. The summed E-state index contributed by atoms with van der Waals surface area (Å²) in [5.74, 6) is 0.842. The largest absolute Gasteiger partial charge is 0.326 e. The minimum atomic E-state index is -0.376. The normalized spacial score (nSPS) is 32.2. The van der Waals surface area contributed by atoms with E-state index in [2.05, 4.69) is 234 Å². The van der Waals surface area contributed by atoms with Gasteiger partial charge in [-0.05, 0) is 117 Å². The predicted molar refractivity (Wildman–Crippen MR) is 354 cm³/mol. The summed E-state index contributed by atoms with van der Waals surface area (Å²) in [6, 6.07) is 65.5. The molecular formula is C85H46N6. The molecule has 6 heteroatoms. The number of nitrogens with zero attached hydrogens (tertiary/aromatic N) is 6. The van der Waals surface area contributed by atoms with Crippen LogP contribution in [0.25, 0.3) is 54.8 Å². The summed E-state index contributed by atoms with van der Waals surface area (Å²) in [4.78, 5) is 23.8. The number of pyridine rings is 2. The first kappa shape index (κ1) is 44.0. The van der Waals surface area contributed by atoms with Gasteiger partial charge in [-0.25, -0.2) is 0 Å². The molecule has 8 aromatic carbocycles. The summed E-state index contributed by atoms with van der Waals surface area (Å²) >= 11 is 0. The molecular weight excluding hydrogens is 1100 g/mol. The average molecular weight is 1150 g/mol. The maximum atomic E-state index is 5.98. The Bertz CT molecular complexity index is 6330. The molecule has 416 valence electrons. The molecule has 8 heterocycles. The van der Waals surface area contributed by atoms with Gasteiger partial charge in [0.25, 0.3) is 0 Å². The molecule has 6 nitrogen and oxygen atoms in total. The molecule has 0 fully saturated rings. The topological polar surface area (TPSA) is 60.4 Å². The van der Waals surface area contributed by atoms with Crippen LogP contribution >= 0.6 is 0 Å². The lowest BCUT2D eigenvalue weighted by Crippen LogP contribution is -2.59. The van der Waals surface area contributed by atoms with Gasteiger partial charge < -0.3 is 9.13 Å². The van der Waals surface area contributed by atoms with Crippen LogP contribution in [0.3, 0.4) is 0 Å². The third kappa shape index (κ3) is 3.75. The van der Waals surface area contributed by atoms with Gasteiger partial charge in [-0.2, -0.15) is 0 Å². The SMILES string of the molecule is C1=CC2=CC3(C=C1)c1ncc4c(c1C1c5ccccc5C213)c1c2c3c5c(ncc3n3c2c(c2c1n4C1C=NC4=C(C=21)C1c2ccccc2C4c2ccccc21)=C1C2=C(N=CC13)C1c3ccccc3C13c1ccccc1C23)C1c2ccccc2C12c1ccccc1C52. The Morgan fingerprint density at radius 2 is 0.868 bits per heavy atom. The molecule has 0 N–H and O–H groups in total. The Balaban J connectivity index is 0.877. The van der Waals surface area contributed by atoms with Crippen molar-refractivity contribution in [1.82, 2.24) is 19.1 Å². The second kappa shape index (κ2) is 13.2. The highest BCUT2D eigenvalue weighted by molar-refractivity contribution is 6.33. The minimum Gasteiger partial charge on any atom is -0.326 e. The van der Waals surface area contributed by atoms with Crippen molar-refractivity contribution in [3.05, 3.63) is 352 Å². The van der Waals surface area contributed by atoms with E-state index in [4.69, 9.17) is 20.0 Å². The molecule has 0 amide bonds. The van der Waals surface area contributed by atoms with E-state index in [-0.39, 0.29) is 75.2 Å². The van der Waals surface area contributed by atoms with Crippen molar-refractivity contribution < 1.29 is 0 Å². The number of benzene rings is 8. The Morgan fingerprint density at radius 3 is 1.49 bits per heavy atom. The van der Waals surface area contributed by atoms with Crippen LogP contribution in [0.4, 0.5) is 0 Å². The molecule has 11 unspecified atom stereocenters. The molecule has 11 atom stereocenters. The molecule has 0 radical (unpaired) electrons. The lowest BCUT2D eigenvalue weighted by molar-refractivity contribution is 0.282. The van der Waals surface area contributed by atoms with Gasteiger partial charge in [0, 0.05) is 96.2 Å². The zero-order chi connectivity index (χ0) is 57.5. The van der Waals surface area contributed by atoms with Gasteiger partial charge >= 0.3 is 0 Å². The predicted octanol–water partition coefficient (Wildman–Crippen LogP) is 14.9. The Hall–Kier alpha value is -10.6. The molecule has 4 spiro atoms. The van der Waals surface area contributed by atoms with Gasteiger partial charge in [-0.1, -0.05) is 200 Å². The third-order valence-corrected chi connectivity index (χ3v) is 27.4. The van der Waals surface area contributed by atoms with Gasteiger partial charge in [0.05, 0.1) is 80.7 Å². The summed E-state index contributed by atoms with van der Waals surface area (Å²) < 4.78 is 5.63. The van der Waals surface area contributed by atoms with Crippen LogP contribution < -0.4 is 10.4 Å². The Morgan fingerprint density at radius 1 is 0.385 bits per heavy atom. The van der Waals surface area contributed by atoms with Crippen LogP contribution in [0.2, 0.25) is 0 Å². The van der Waals surface area contributed by atoms with Crippen molar-refractivity contribution in [2.75, 3.05) is 0 Å².